The van der Waals surface area contributed by atoms with Gasteiger partial charge in [0.05, 0.1) is 5.54 Å². The molecule has 1 aromatic carbocycles. The number of nitrogens with one attached hydrogen (secondary N) is 2. The number of anilines is 1. The lowest BCUT2D eigenvalue weighted by molar-refractivity contribution is -0.126. The third-order valence-corrected chi connectivity index (χ3v) is 3.89. The topological polar surface area (TPSA) is 44.4 Å². The summed E-state index contributed by atoms with van der Waals surface area (Å²) < 4.78 is 13.5. The number of halogens is 1. The summed E-state index contributed by atoms with van der Waals surface area (Å²) in [6.45, 7) is 8.94. The quantitative estimate of drug-likeness (QED) is 0.886. The molecule has 0 saturated carbocycles. The fraction of sp³-hybridized carbons (Fsp3) is 0.533. The van der Waals surface area contributed by atoms with Crippen LogP contribution in [0.5, 0.6) is 0 Å². The Labute approximate surface area is 119 Å². The first kappa shape index (κ1) is 14.9. The van der Waals surface area contributed by atoms with Crippen molar-refractivity contribution in [3.8, 4) is 0 Å². The molecule has 1 saturated heterocycles. The SMILES string of the molecule is Cc1ccc(NC(=O)C(C)(C)N2CCNCC2)cc1F. The summed E-state index contributed by atoms with van der Waals surface area (Å²) in [5, 5.41) is 6.07. The van der Waals surface area contributed by atoms with Gasteiger partial charge in [-0.25, -0.2) is 4.39 Å². The zero-order valence-corrected chi connectivity index (χ0v) is 12.3. The van der Waals surface area contributed by atoms with E-state index in [0.717, 1.165) is 26.2 Å². The number of nitrogens with zero attached hydrogens (tertiary/aromatic N) is 1. The van der Waals surface area contributed by atoms with Gasteiger partial charge in [0.25, 0.3) is 0 Å². The number of amides is 1. The Kier molecular flexibility index (Phi) is 4.40. The molecule has 0 bridgehead atoms. The number of carbonyl (C=O) groups is 1. The molecule has 1 amide bonds. The Balaban J connectivity index is 2.07. The lowest BCUT2D eigenvalue weighted by Gasteiger charge is -2.39. The second kappa shape index (κ2) is 5.89. The average Bonchev–Trinajstić information content (AvgIpc) is 2.44. The Bertz CT molecular complexity index is 496. The summed E-state index contributed by atoms with van der Waals surface area (Å²) in [7, 11) is 0. The summed E-state index contributed by atoms with van der Waals surface area (Å²) in [5.41, 5.74) is 0.467. The number of rotatable bonds is 3. The van der Waals surface area contributed by atoms with Crippen LogP contribution in [0.25, 0.3) is 0 Å². The van der Waals surface area contributed by atoms with Crippen LogP contribution in [0.3, 0.4) is 0 Å². The van der Waals surface area contributed by atoms with Crippen LogP contribution in [0, 0.1) is 12.7 Å². The van der Waals surface area contributed by atoms with Crippen LogP contribution in [-0.4, -0.2) is 42.5 Å². The van der Waals surface area contributed by atoms with Crippen molar-refractivity contribution < 1.29 is 9.18 Å². The van der Waals surface area contributed by atoms with Gasteiger partial charge in [-0.3, -0.25) is 9.69 Å². The van der Waals surface area contributed by atoms with E-state index in [1.807, 2.05) is 13.8 Å². The molecule has 5 heteroatoms. The third-order valence-electron chi connectivity index (χ3n) is 3.89. The molecule has 1 aliphatic heterocycles. The molecule has 0 aliphatic carbocycles. The third kappa shape index (κ3) is 3.16. The molecule has 1 aliphatic rings. The minimum atomic E-state index is -0.608. The van der Waals surface area contributed by atoms with Crippen molar-refractivity contribution in [2.75, 3.05) is 31.5 Å². The van der Waals surface area contributed by atoms with Crippen LogP contribution >= 0.6 is 0 Å². The van der Waals surface area contributed by atoms with E-state index in [0.29, 0.717) is 11.3 Å². The van der Waals surface area contributed by atoms with E-state index in [4.69, 9.17) is 0 Å². The van der Waals surface area contributed by atoms with E-state index >= 15 is 0 Å². The van der Waals surface area contributed by atoms with Crippen LogP contribution < -0.4 is 10.6 Å². The van der Waals surface area contributed by atoms with Crippen LogP contribution in [0.1, 0.15) is 19.4 Å². The Morgan fingerprint density at radius 2 is 2.00 bits per heavy atom. The van der Waals surface area contributed by atoms with Crippen LogP contribution in [-0.2, 0) is 4.79 Å². The van der Waals surface area contributed by atoms with E-state index in [9.17, 15) is 9.18 Å². The normalized spacial score (nSPS) is 17.0. The highest BCUT2D eigenvalue weighted by Gasteiger charge is 2.35. The predicted molar refractivity (Wildman–Crippen MR) is 78.3 cm³/mol. The first-order valence-electron chi connectivity index (χ1n) is 6.94. The van der Waals surface area contributed by atoms with Crippen LogP contribution in [0.2, 0.25) is 0 Å². The maximum absolute atomic E-state index is 13.5. The highest BCUT2D eigenvalue weighted by atomic mass is 19.1. The number of piperazine rings is 1. The first-order chi connectivity index (χ1) is 9.41. The molecule has 2 N–H and O–H groups in total. The summed E-state index contributed by atoms with van der Waals surface area (Å²) in [6, 6.07) is 4.76. The van der Waals surface area contributed by atoms with Gasteiger partial charge in [0, 0.05) is 31.9 Å². The Morgan fingerprint density at radius 3 is 2.60 bits per heavy atom. The van der Waals surface area contributed by atoms with Crippen molar-refractivity contribution in [1.82, 2.24) is 10.2 Å². The van der Waals surface area contributed by atoms with Gasteiger partial charge in [0.2, 0.25) is 5.91 Å². The van der Waals surface area contributed by atoms with Crippen molar-refractivity contribution in [3.63, 3.8) is 0 Å². The molecule has 1 heterocycles. The molecule has 0 unspecified atom stereocenters. The van der Waals surface area contributed by atoms with Gasteiger partial charge < -0.3 is 10.6 Å². The minimum absolute atomic E-state index is 0.109. The summed E-state index contributed by atoms with van der Waals surface area (Å²) in [6.07, 6.45) is 0. The number of hydrogen-bond donors (Lipinski definition) is 2. The van der Waals surface area contributed by atoms with Crippen LogP contribution in [0.4, 0.5) is 10.1 Å². The maximum Gasteiger partial charge on any atom is 0.244 e. The summed E-state index contributed by atoms with van der Waals surface area (Å²) in [4.78, 5) is 14.6. The molecule has 0 radical (unpaired) electrons. The van der Waals surface area contributed by atoms with E-state index in [-0.39, 0.29) is 11.7 Å². The van der Waals surface area contributed by atoms with Crippen LogP contribution in [0.15, 0.2) is 18.2 Å². The predicted octanol–water partition coefficient (Wildman–Crippen LogP) is 1.76. The largest absolute Gasteiger partial charge is 0.324 e. The minimum Gasteiger partial charge on any atom is -0.324 e. The summed E-state index contributed by atoms with van der Waals surface area (Å²) in [5.74, 6) is -0.412. The summed E-state index contributed by atoms with van der Waals surface area (Å²) >= 11 is 0. The van der Waals surface area contributed by atoms with E-state index in [1.54, 1.807) is 19.1 Å². The smallest absolute Gasteiger partial charge is 0.244 e. The highest BCUT2D eigenvalue weighted by Crippen LogP contribution is 2.19. The standard InChI is InChI=1S/C15H22FN3O/c1-11-4-5-12(10-13(11)16)18-14(20)15(2,3)19-8-6-17-7-9-19/h4-5,10,17H,6-9H2,1-3H3,(H,18,20). The number of benzene rings is 1. The average molecular weight is 279 g/mol. The second-order valence-corrected chi connectivity index (χ2v) is 5.71. The molecule has 4 nitrogen and oxygen atoms in total. The fourth-order valence-electron chi connectivity index (χ4n) is 2.32. The van der Waals surface area contributed by atoms with E-state index < -0.39 is 5.54 Å². The van der Waals surface area contributed by atoms with Gasteiger partial charge in [-0.15, -0.1) is 0 Å². The number of hydrogen-bond acceptors (Lipinski definition) is 3. The Hall–Kier alpha value is -1.46. The molecule has 0 atom stereocenters. The zero-order valence-electron chi connectivity index (χ0n) is 12.3. The van der Waals surface area contributed by atoms with E-state index in [1.165, 1.54) is 6.07 Å². The molecule has 1 aromatic rings. The zero-order chi connectivity index (χ0) is 14.8. The monoisotopic (exact) mass is 279 g/mol. The lowest BCUT2D eigenvalue weighted by atomic mass is 10.00. The van der Waals surface area contributed by atoms with Gasteiger partial charge in [-0.05, 0) is 38.5 Å². The molecule has 2 rings (SSSR count). The van der Waals surface area contributed by atoms with Crippen molar-refractivity contribution in [2.45, 2.75) is 26.3 Å². The van der Waals surface area contributed by atoms with Gasteiger partial charge in [-0.1, -0.05) is 6.07 Å². The van der Waals surface area contributed by atoms with E-state index in [2.05, 4.69) is 15.5 Å². The van der Waals surface area contributed by atoms with Gasteiger partial charge in [0.15, 0.2) is 0 Å². The highest BCUT2D eigenvalue weighted by molar-refractivity contribution is 5.97. The van der Waals surface area contributed by atoms with Gasteiger partial charge in [0.1, 0.15) is 5.82 Å². The van der Waals surface area contributed by atoms with Crippen molar-refractivity contribution in [3.05, 3.63) is 29.6 Å². The molecular weight excluding hydrogens is 257 g/mol. The van der Waals surface area contributed by atoms with Crippen molar-refractivity contribution in [1.29, 1.82) is 0 Å². The molecule has 20 heavy (non-hydrogen) atoms. The number of carbonyl (C=O) groups excluding carboxylic acids is 1. The van der Waals surface area contributed by atoms with Gasteiger partial charge >= 0.3 is 0 Å². The number of aryl methyl sites for hydroxylation is 1. The van der Waals surface area contributed by atoms with Gasteiger partial charge in [-0.2, -0.15) is 0 Å². The Morgan fingerprint density at radius 1 is 1.35 bits per heavy atom. The van der Waals surface area contributed by atoms with Crippen molar-refractivity contribution >= 4 is 11.6 Å². The molecule has 0 spiro atoms. The van der Waals surface area contributed by atoms with Crippen molar-refractivity contribution in [2.24, 2.45) is 0 Å². The molecule has 0 aromatic heterocycles. The molecule has 110 valence electrons. The lowest BCUT2D eigenvalue weighted by Crippen LogP contribution is -2.58. The maximum atomic E-state index is 13.5. The second-order valence-electron chi connectivity index (χ2n) is 5.71. The molecule has 1 fully saturated rings. The fourth-order valence-corrected chi connectivity index (χ4v) is 2.32. The first-order valence-corrected chi connectivity index (χ1v) is 6.94. The molecular formula is C15H22FN3O.